The first-order valence-electron chi connectivity index (χ1n) is 4.94. The van der Waals surface area contributed by atoms with E-state index < -0.39 is 10.0 Å². The van der Waals surface area contributed by atoms with Gasteiger partial charge < -0.3 is 5.73 Å². The summed E-state index contributed by atoms with van der Waals surface area (Å²) in [5.41, 5.74) is 4.98. The van der Waals surface area contributed by atoms with Gasteiger partial charge in [0.05, 0.1) is 5.75 Å². The summed E-state index contributed by atoms with van der Waals surface area (Å²) in [6.45, 7) is 6.24. The summed E-state index contributed by atoms with van der Waals surface area (Å²) < 4.78 is 25.0. The fourth-order valence-corrected chi connectivity index (χ4v) is 2.69. The minimum Gasteiger partial charge on any atom is -0.330 e. The van der Waals surface area contributed by atoms with Crippen molar-refractivity contribution in [2.75, 3.05) is 19.3 Å². The first kappa shape index (κ1) is 13.9. The Hall–Kier alpha value is -0.130. The number of hydrogen-bond donors (Lipinski definition) is 1. The second-order valence-electron chi connectivity index (χ2n) is 4.09. The predicted molar refractivity (Wildman–Crippen MR) is 59.6 cm³/mol. The molecule has 0 radical (unpaired) electrons. The largest absolute Gasteiger partial charge is 0.330 e. The lowest BCUT2D eigenvalue weighted by Crippen LogP contribution is -2.45. The topological polar surface area (TPSA) is 63.4 Å². The molecule has 14 heavy (non-hydrogen) atoms. The van der Waals surface area contributed by atoms with Crippen LogP contribution in [0.1, 0.15) is 33.6 Å². The van der Waals surface area contributed by atoms with Crippen molar-refractivity contribution in [1.29, 1.82) is 0 Å². The maximum atomic E-state index is 11.8. The van der Waals surface area contributed by atoms with Gasteiger partial charge in [0, 0.05) is 12.6 Å². The van der Waals surface area contributed by atoms with Crippen molar-refractivity contribution in [2.24, 2.45) is 5.73 Å². The van der Waals surface area contributed by atoms with E-state index in [1.54, 1.807) is 7.05 Å². The van der Waals surface area contributed by atoms with Gasteiger partial charge in [-0.05, 0) is 33.2 Å². The highest BCUT2D eigenvalue weighted by atomic mass is 32.2. The number of sulfonamides is 1. The Morgan fingerprint density at radius 3 is 2.21 bits per heavy atom. The lowest BCUT2D eigenvalue weighted by Gasteiger charge is -2.33. The lowest BCUT2D eigenvalue weighted by molar-refractivity contribution is 0.257. The summed E-state index contributed by atoms with van der Waals surface area (Å²) in [5, 5.41) is 0. The van der Waals surface area contributed by atoms with Gasteiger partial charge in [-0.1, -0.05) is 6.92 Å². The number of hydrogen-bond acceptors (Lipinski definition) is 3. The van der Waals surface area contributed by atoms with E-state index in [4.69, 9.17) is 5.73 Å². The lowest BCUT2D eigenvalue weighted by atomic mass is 10.0. The molecule has 0 unspecified atom stereocenters. The number of nitrogens with two attached hydrogens (primary N) is 1. The van der Waals surface area contributed by atoms with Gasteiger partial charge >= 0.3 is 0 Å². The third-order valence-corrected chi connectivity index (χ3v) is 4.87. The molecule has 0 aliphatic heterocycles. The van der Waals surface area contributed by atoms with E-state index in [2.05, 4.69) is 0 Å². The molecule has 0 spiro atoms. The summed E-state index contributed by atoms with van der Waals surface area (Å²) in [6, 6.07) is 0. The standard InChI is InChI=1S/C9H22N2O2S/c1-5-9(2,3)11(4)14(12,13)8-6-7-10/h5-8,10H2,1-4H3. The van der Waals surface area contributed by atoms with Crippen LogP contribution in [0.5, 0.6) is 0 Å². The molecule has 0 fully saturated rings. The number of rotatable bonds is 6. The smallest absolute Gasteiger partial charge is 0.214 e. The van der Waals surface area contributed by atoms with E-state index in [0.717, 1.165) is 6.42 Å². The van der Waals surface area contributed by atoms with Gasteiger partial charge in [-0.3, -0.25) is 0 Å². The van der Waals surface area contributed by atoms with Gasteiger partial charge in [0.15, 0.2) is 0 Å². The van der Waals surface area contributed by atoms with Crippen LogP contribution >= 0.6 is 0 Å². The second kappa shape index (κ2) is 5.09. The first-order valence-corrected chi connectivity index (χ1v) is 6.55. The fourth-order valence-electron chi connectivity index (χ4n) is 1.00. The number of nitrogens with zero attached hydrogens (tertiary/aromatic N) is 1. The van der Waals surface area contributed by atoms with E-state index in [9.17, 15) is 8.42 Å². The van der Waals surface area contributed by atoms with Gasteiger partial charge in [0.1, 0.15) is 0 Å². The monoisotopic (exact) mass is 222 g/mol. The van der Waals surface area contributed by atoms with Crippen LogP contribution in [-0.2, 0) is 10.0 Å². The van der Waals surface area contributed by atoms with E-state index in [1.165, 1.54) is 4.31 Å². The zero-order valence-corrected chi connectivity index (χ0v) is 10.4. The Kier molecular flexibility index (Phi) is 5.05. The SMILES string of the molecule is CCC(C)(C)N(C)S(=O)(=O)CCCN. The second-order valence-corrected chi connectivity index (χ2v) is 6.21. The van der Waals surface area contributed by atoms with Crippen molar-refractivity contribution >= 4 is 10.0 Å². The Morgan fingerprint density at radius 2 is 1.86 bits per heavy atom. The Morgan fingerprint density at radius 1 is 1.36 bits per heavy atom. The highest BCUT2D eigenvalue weighted by Gasteiger charge is 2.30. The molecule has 2 N–H and O–H groups in total. The Balaban J connectivity index is 4.59. The van der Waals surface area contributed by atoms with Crippen LogP contribution in [0.25, 0.3) is 0 Å². The average molecular weight is 222 g/mol. The Bertz CT molecular complexity index is 260. The van der Waals surface area contributed by atoms with E-state index in [1.807, 2.05) is 20.8 Å². The van der Waals surface area contributed by atoms with Crippen LogP contribution in [0.15, 0.2) is 0 Å². The summed E-state index contributed by atoms with van der Waals surface area (Å²) in [4.78, 5) is 0. The third kappa shape index (κ3) is 3.55. The fraction of sp³-hybridized carbons (Fsp3) is 1.00. The van der Waals surface area contributed by atoms with E-state index in [0.29, 0.717) is 13.0 Å². The van der Waals surface area contributed by atoms with Crippen molar-refractivity contribution in [3.05, 3.63) is 0 Å². The molecule has 0 rings (SSSR count). The van der Waals surface area contributed by atoms with Gasteiger partial charge in [-0.15, -0.1) is 0 Å². The minimum absolute atomic E-state index is 0.142. The molecule has 0 aliphatic carbocycles. The molecule has 0 amide bonds. The predicted octanol–water partition coefficient (Wildman–Crippen LogP) is 0.785. The molecule has 0 aromatic heterocycles. The zero-order chi connectivity index (χ0) is 11.4. The van der Waals surface area contributed by atoms with Crippen LogP contribution < -0.4 is 5.73 Å². The van der Waals surface area contributed by atoms with Gasteiger partial charge in [0.25, 0.3) is 0 Å². The van der Waals surface area contributed by atoms with Crippen LogP contribution in [0, 0.1) is 0 Å². The minimum atomic E-state index is -3.14. The van der Waals surface area contributed by atoms with Gasteiger partial charge in [-0.25, -0.2) is 8.42 Å². The zero-order valence-electron chi connectivity index (χ0n) is 9.58. The van der Waals surface area contributed by atoms with Crippen LogP contribution in [0.3, 0.4) is 0 Å². The maximum Gasteiger partial charge on any atom is 0.214 e. The molecule has 0 bridgehead atoms. The van der Waals surface area contributed by atoms with Crippen LogP contribution in [0.2, 0.25) is 0 Å². The van der Waals surface area contributed by atoms with Crippen molar-refractivity contribution in [2.45, 2.75) is 39.2 Å². The third-order valence-electron chi connectivity index (χ3n) is 2.74. The quantitative estimate of drug-likeness (QED) is 0.722. The van der Waals surface area contributed by atoms with Crippen molar-refractivity contribution in [3.63, 3.8) is 0 Å². The molecule has 4 nitrogen and oxygen atoms in total. The molecule has 0 aromatic carbocycles. The molecule has 0 aromatic rings. The highest BCUT2D eigenvalue weighted by Crippen LogP contribution is 2.20. The summed E-state index contributed by atoms with van der Waals surface area (Å²) in [5.74, 6) is 0.142. The Labute approximate surface area is 87.5 Å². The highest BCUT2D eigenvalue weighted by molar-refractivity contribution is 7.89. The molecular formula is C9H22N2O2S. The molecule has 0 saturated carbocycles. The molecule has 86 valence electrons. The van der Waals surface area contributed by atoms with E-state index >= 15 is 0 Å². The molecule has 0 heterocycles. The van der Waals surface area contributed by atoms with Crippen molar-refractivity contribution in [3.8, 4) is 0 Å². The molecule has 0 saturated heterocycles. The summed E-state index contributed by atoms with van der Waals surface area (Å²) >= 11 is 0. The molecule has 5 heteroatoms. The van der Waals surface area contributed by atoms with Gasteiger partial charge in [-0.2, -0.15) is 4.31 Å². The first-order chi connectivity index (χ1) is 6.28. The average Bonchev–Trinajstić information content (AvgIpc) is 2.13. The van der Waals surface area contributed by atoms with E-state index in [-0.39, 0.29) is 11.3 Å². The normalized spacial score (nSPS) is 13.6. The molecule has 0 aliphatic rings. The van der Waals surface area contributed by atoms with Crippen molar-refractivity contribution in [1.82, 2.24) is 4.31 Å². The molecular weight excluding hydrogens is 200 g/mol. The van der Waals surface area contributed by atoms with Crippen LogP contribution in [-0.4, -0.2) is 37.6 Å². The molecule has 0 atom stereocenters. The van der Waals surface area contributed by atoms with Gasteiger partial charge in [0.2, 0.25) is 10.0 Å². The van der Waals surface area contributed by atoms with Crippen molar-refractivity contribution < 1.29 is 8.42 Å². The summed E-state index contributed by atoms with van der Waals surface area (Å²) in [6.07, 6.45) is 1.32. The maximum absolute atomic E-state index is 11.8. The van der Waals surface area contributed by atoms with Crippen LogP contribution in [0.4, 0.5) is 0 Å². The summed E-state index contributed by atoms with van der Waals surface area (Å²) in [7, 11) is -1.50.